The van der Waals surface area contributed by atoms with Crippen molar-refractivity contribution in [1.29, 1.82) is 0 Å². The maximum absolute atomic E-state index is 5.86. The second kappa shape index (κ2) is 4.25. The van der Waals surface area contributed by atoms with Gasteiger partial charge < -0.3 is 4.74 Å². The van der Waals surface area contributed by atoms with Gasteiger partial charge in [0.25, 0.3) is 0 Å². The summed E-state index contributed by atoms with van der Waals surface area (Å²) in [4.78, 5) is 0. The summed E-state index contributed by atoms with van der Waals surface area (Å²) in [5.41, 5.74) is 5.17. The monoisotopic (exact) mass is 224 g/mol. The Labute approximate surface area is 102 Å². The lowest BCUT2D eigenvalue weighted by Crippen LogP contribution is -2.09. The lowest BCUT2D eigenvalue weighted by atomic mass is 9.95. The fourth-order valence-corrected chi connectivity index (χ4v) is 2.48. The van der Waals surface area contributed by atoms with Crippen molar-refractivity contribution < 1.29 is 4.74 Å². The van der Waals surface area contributed by atoms with Crippen LogP contribution in [0.5, 0.6) is 5.75 Å². The van der Waals surface area contributed by atoms with Crippen LogP contribution in [0.15, 0.2) is 42.5 Å². The van der Waals surface area contributed by atoms with Gasteiger partial charge in [-0.05, 0) is 36.5 Å². The van der Waals surface area contributed by atoms with Crippen molar-refractivity contribution in [3.05, 3.63) is 53.6 Å². The first-order chi connectivity index (χ1) is 8.36. The molecular weight excluding hydrogens is 208 g/mol. The summed E-state index contributed by atoms with van der Waals surface area (Å²) in [5.74, 6) is 1.09. The van der Waals surface area contributed by atoms with Crippen LogP contribution in [0.4, 0.5) is 0 Å². The van der Waals surface area contributed by atoms with E-state index >= 15 is 0 Å². The minimum absolute atomic E-state index is 0.843. The molecular formula is C16H16O. The molecule has 0 saturated heterocycles. The first-order valence-corrected chi connectivity index (χ1v) is 6.17. The molecule has 0 spiro atoms. The molecule has 1 nitrogen and oxygen atoms in total. The van der Waals surface area contributed by atoms with E-state index in [1.165, 1.54) is 22.3 Å². The van der Waals surface area contributed by atoms with Gasteiger partial charge >= 0.3 is 0 Å². The van der Waals surface area contributed by atoms with E-state index in [-0.39, 0.29) is 0 Å². The predicted octanol–water partition coefficient (Wildman–Crippen LogP) is 3.99. The van der Waals surface area contributed by atoms with Crippen LogP contribution in [0.25, 0.3) is 11.1 Å². The zero-order chi connectivity index (χ0) is 11.7. The molecule has 0 saturated carbocycles. The summed E-state index contributed by atoms with van der Waals surface area (Å²) in [7, 11) is 0. The highest BCUT2D eigenvalue weighted by atomic mass is 16.5. The van der Waals surface area contributed by atoms with E-state index in [1.54, 1.807) is 0 Å². The van der Waals surface area contributed by atoms with Gasteiger partial charge in [0, 0.05) is 5.56 Å². The summed E-state index contributed by atoms with van der Waals surface area (Å²) < 4.78 is 5.86. The highest BCUT2D eigenvalue weighted by molar-refractivity contribution is 5.74. The third-order valence-corrected chi connectivity index (χ3v) is 3.37. The second-order valence-corrected chi connectivity index (χ2v) is 4.56. The molecule has 1 aliphatic rings. The van der Waals surface area contributed by atoms with Crippen molar-refractivity contribution in [3.8, 4) is 16.9 Å². The van der Waals surface area contributed by atoms with Crippen LogP contribution in [0.2, 0.25) is 0 Å². The molecule has 0 atom stereocenters. The summed E-state index contributed by atoms with van der Waals surface area (Å²) in [6.07, 6.45) is 2.26. The average molecular weight is 224 g/mol. The van der Waals surface area contributed by atoms with Crippen LogP contribution in [0.3, 0.4) is 0 Å². The first kappa shape index (κ1) is 10.4. The molecule has 86 valence electrons. The number of rotatable bonds is 1. The van der Waals surface area contributed by atoms with E-state index in [0.717, 1.165) is 25.2 Å². The van der Waals surface area contributed by atoms with Gasteiger partial charge in [0.15, 0.2) is 0 Å². The molecule has 2 aromatic rings. The van der Waals surface area contributed by atoms with E-state index in [1.807, 2.05) is 0 Å². The zero-order valence-corrected chi connectivity index (χ0v) is 10.1. The summed E-state index contributed by atoms with van der Waals surface area (Å²) in [6.45, 7) is 2.99. The van der Waals surface area contributed by atoms with E-state index in [2.05, 4.69) is 49.4 Å². The number of hydrogen-bond donors (Lipinski definition) is 0. The van der Waals surface area contributed by atoms with Gasteiger partial charge in [0.2, 0.25) is 0 Å². The Kier molecular flexibility index (Phi) is 2.60. The number of para-hydroxylation sites is 1. The lowest BCUT2D eigenvalue weighted by molar-refractivity contribution is 0.289. The first-order valence-electron chi connectivity index (χ1n) is 6.17. The van der Waals surface area contributed by atoms with E-state index in [0.29, 0.717) is 0 Å². The molecule has 0 unspecified atom stereocenters. The molecule has 1 heterocycles. The molecule has 2 aromatic carbocycles. The summed E-state index contributed by atoms with van der Waals surface area (Å²) in [6, 6.07) is 15.0. The quantitative estimate of drug-likeness (QED) is 0.711. The highest BCUT2D eigenvalue weighted by Gasteiger charge is 2.15. The van der Waals surface area contributed by atoms with Crippen molar-refractivity contribution >= 4 is 0 Å². The molecule has 1 aliphatic heterocycles. The SMILES string of the molecule is Cc1ccccc1-c1cccc2c1OCCC2. The molecule has 0 amide bonds. The molecule has 1 heteroatoms. The van der Waals surface area contributed by atoms with E-state index in [4.69, 9.17) is 4.74 Å². The number of ether oxygens (including phenoxy) is 1. The molecule has 0 bridgehead atoms. The summed E-state index contributed by atoms with van der Waals surface area (Å²) in [5, 5.41) is 0. The third-order valence-electron chi connectivity index (χ3n) is 3.37. The maximum atomic E-state index is 5.86. The van der Waals surface area contributed by atoms with Gasteiger partial charge in [-0.1, -0.05) is 42.5 Å². The normalized spacial score (nSPS) is 13.9. The maximum Gasteiger partial charge on any atom is 0.130 e. The van der Waals surface area contributed by atoms with E-state index < -0.39 is 0 Å². The molecule has 0 aliphatic carbocycles. The molecule has 3 rings (SSSR count). The van der Waals surface area contributed by atoms with Crippen LogP contribution in [0.1, 0.15) is 17.5 Å². The van der Waals surface area contributed by atoms with Crippen LogP contribution < -0.4 is 4.74 Å². The largest absolute Gasteiger partial charge is 0.493 e. The Morgan fingerprint density at radius 2 is 1.76 bits per heavy atom. The smallest absolute Gasteiger partial charge is 0.130 e. The number of fused-ring (bicyclic) bond motifs is 1. The molecule has 0 fully saturated rings. The fraction of sp³-hybridized carbons (Fsp3) is 0.250. The third kappa shape index (κ3) is 1.82. The van der Waals surface area contributed by atoms with Gasteiger partial charge in [0.05, 0.1) is 6.61 Å². The number of aryl methyl sites for hydroxylation is 2. The van der Waals surface area contributed by atoms with Crippen molar-refractivity contribution in [3.63, 3.8) is 0 Å². The van der Waals surface area contributed by atoms with Gasteiger partial charge in [-0.15, -0.1) is 0 Å². The predicted molar refractivity (Wildman–Crippen MR) is 70.4 cm³/mol. The van der Waals surface area contributed by atoms with Crippen molar-refractivity contribution in [2.75, 3.05) is 6.61 Å². The van der Waals surface area contributed by atoms with Crippen molar-refractivity contribution in [2.45, 2.75) is 19.8 Å². The summed E-state index contributed by atoms with van der Waals surface area (Å²) >= 11 is 0. The lowest BCUT2D eigenvalue weighted by Gasteiger charge is -2.21. The van der Waals surface area contributed by atoms with Crippen LogP contribution >= 0.6 is 0 Å². The number of benzene rings is 2. The Morgan fingerprint density at radius 3 is 2.65 bits per heavy atom. The molecule has 17 heavy (non-hydrogen) atoms. The van der Waals surface area contributed by atoms with Gasteiger partial charge in [-0.25, -0.2) is 0 Å². The topological polar surface area (TPSA) is 9.23 Å². The van der Waals surface area contributed by atoms with Crippen molar-refractivity contribution in [2.24, 2.45) is 0 Å². The van der Waals surface area contributed by atoms with Crippen LogP contribution in [0, 0.1) is 6.92 Å². The van der Waals surface area contributed by atoms with E-state index in [9.17, 15) is 0 Å². The minimum atomic E-state index is 0.843. The molecule has 0 aromatic heterocycles. The molecule has 0 N–H and O–H groups in total. The fourth-order valence-electron chi connectivity index (χ4n) is 2.48. The van der Waals surface area contributed by atoms with Crippen molar-refractivity contribution in [1.82, 2.24) is 0 Å². The van der Waals surface area contributed by atoms with Gasteiger partial charge in [-0.3, -0.25) is 0 Å². The minimum Gasteiger partial charge on any atom is -0.493 e. The Hall–Kier alpha value is -1.76. The van der Waals surface area contributed by atoms with Crippen LogP contribution in [-0.4, -0.2) is 6.61 Å². The molecule has 0 radical (unpaired) electrons. The Bertz CT molecular complexity index is 543. The number of hydrogen-bond acceptors (Lipinski definition) is 1. The zero-order valence-electron chi connectivity index (χ0n) is 10.1. The second-order valence-electron chi connectivity index (χ2n) is 4.56. The van der Waals surface area contributed by atoms with Gasteiger partial charge in [0.1, 0.15) is 5.75 Å². The van der Waals surface area contributed by atoms with Gasteiger partial charge in [-0.2, -0.15) is 0 Å². The highest BCUT2D eigenvalue weighted by Crippen LogP contribution is 2.37. The Morgan fingerprint density at radius 1 is 0.941 bits per heavy atom. The van der Waals surface area contributed by atoms with Crippen LogP contribution in [-0.2, 0) is 6.42 Å². The standard InChI is InChI=1S/C16H16O/c1-12-6-2-3-9-14(12)15-10-4-7-13-8-5-11-17-16(13)15/h2-4,6-7,9-10H,5,8,11H2,1H3. The Balaban J connectivity index is 2.18. The average Bonchev–Trinajstić information content (AvgIpc) is 2.39.